The number of hydrogen-bond acceptors (Lipinski definition) is 5. The molecule has 1 aromatic heterocycles. The summed E-state index contributed by atoms with van der Waals surface area (Å²) < 4.78 is 0. The molecule has 1 atom stereocenters. The van der Waals surface area contributed by atoms with Crippen molar-refractivity contribution in [3.8, 4) is 0 Å². The SMILES string of the molecule is O=C(Nc1cccc2ccccc12)c1ccc(CN2CCC[C@@H](C(=O)NCCCNc3c4c(nc5ccccc35)CCCC4)C2)cc1. The van der Waals surface area contributed by atoms with Crippen LogP contribution in [0.3, 0.4) is 0 Å². The number of pyridine rings is 1. The highest BCUT2D eigenvalue weighted by Gasteiger charge is 2.26. The number of amides is 2. The molecule has 7 nitrogen and oxygen atoms in total. The largest absolute Gasteiger partial charge is 0.384 e. The Morgan fingerprint density at radius 3 is 2.49 bits per heavy atom. The molecular weight excluding hydrogens is 582 g/mol. The molecule has 3 N–H and O–H groups in total. The summed E-state index contributed by atoms with van der Waals surface area (Å²) in [4.78, 5) is 33.5. The number of carbonyl (C=O) groups is 2. The van der Waals surface area contributed by atoms with Gasteiger partial charge in [0.15, 0.2) is 0 Å². The molecule has 0 saturated carbocycles. The van der Waals surface area contributed by atoms with E-state index in [1.165, 1.54) is 35.2 Å². The van der Waals surface area contributed by atoms with Gasteiger partial charge in [-0.2, -0.15) is 0 Å². The molecule has 2 amide bonds. The number of aryl methyl sites for hydroxylation is 1. The maximum atomic E-state index is 13.1. The lowest BCUT2D eigenvalue weighted by Crippen LogP contribution is -2.43. The molecule has 1 saturated heterocycles. The zero-order chi connectivity index (χ0) is 32.0. The van der Waals surface area contributed by atoms with Gasteiger partial charge in [0.2, 0.25) is 5.91 Å². The molecular formula is C40H43N5O2. The van der Waals surface area contributed by atoms with Crippen molar-refractivity contribution in [2.75, 3.05) is 36.8 Å². The van der Waals surface area contributed by atoms with Crippen LogP contribution >= 0.6 is 0 Å². The van der Waals surface area contributed by atoms with E-state index in [-0.39, 0.29) is 17.7 Å². The van der Waals surface area contributed by atoms with Crippen LogP contribution < -0.4 is 16.0 Å². The predicted molar refractivity (Wildman–Crippen MR) is 191 cm³/mol. The Morgan fingerprint density at radius 1 is 0.809 bits per heavy atom. The van der Waals surface area contributed by atoms with Crippen LogP contribution in [0, 0.1) is 5.92 Å². The molecule has 4 aromatic carbocycles. The van der Waals surface area contributed by atoms with Gasteiger partial charge in [0.25, 0.3) is 5.91 Å². The third kappa shape index (κ3) is 7.15. The van der Waals surface area contributed by atoms with Crippen molar-refractivity contribution in [2.24, 2.45) is 5.92 Å². The molecule has 7 heteroatoms. The minimum absolute atomic E-state index is 0.00128. The van der Waals surface area contributed by atoms with E-state index in [2.05, 4.69) is 45.1 Å². The van der Waals surface area contributed by atoms with Gasteiger partial charge in [-0.3, -0.25) is 19.5 Å². The Balaban J connectivity index is 0.878. The average Bonchev–Trinajstić information content (AvgIpc) is 3.11. The summed E-state index contributed by atoms with van der Waals surface area (Å²) in [6.45, 7) is 3.97. The molecule has 2 aliphatic rings. The summed E-state index contributed by atoms with van der Waals surface area (Å²) in [6, 6.07) is 30.2. The molecule has 0 spiro atoms. The number of benzene rings is 4. The summed E-state index contributed by atoms with van der Waals surface area (Å²) in [5.74, 6) is 0.0341. The van der Waals surface area contributed by atoms with Crippen molar-refractivity contribution >= 4 is 44.9 Å². The second-order valence-electron chi connectivity index (χ2n) is 13.0. The second kappa shape index (κ2) is 14.3. The topological polar surface area (TPSA) is 86.4 Å². The Labute approximate surface area is 276 Å². The summed E-state index contributed by atoms with van der Waals surface area (Å²) >= 11 is 0. The lowest BCUT2D eigenvalue weighted by atomic mass is 9.92. The Bertz CT molecular complexity index is 1880. The fourth-order valence-corrected chi connectivity index (χ4v) is 7.19. The van der Waals surface area contributed by atoms with Gasteiger partial charge in [-0.05, 0) is 92.3 Å². The van der Waals surface area contributed by atoms with Gasteiger partial charge in [-0.25, -0.2) is 0 Å². The van der Waals surface area contributed by atoms with E-state index in [1.807, 2.05) is 66.7 Å². The highest BCUT2D eigenvalue weighted by molar-refractivity contribution is 6.09. The Morgan fingerprint density at radius 2 is 1.60 bits per heavy atom. The molecule has 2 heterocycles. The number of rotatable bonds is 10. The van der Waals surface area contributed by atoms with E-state index in [0.717, 1.165) is 85.8 Å². The van der Waals surface area contributed by atoms with Crippen molar-refractivity contribution in [3.63, 3.8) is 0 Å². The van der Waals surface area contributed by atoms with Crippen LogP contribution in [0.2, 0.25) is 0 Å². The van der Waals surface area contributed by atoms with Gasteiger partial charge in [0.05, 0.1) is 11.4 Å². The molecule has 7 rings (SSSR count). The van der Waals surface area contributed by atoms with E-state index in [1.54, 1.807) is 0 Å². The smallest absolute Gasteiger partial charge is 0.255 e. The maximum absolute atomic E-state index is 13.1. The number of fused-ring (bicyclic) bond motifs is 3. The molecule has 0 bridgehead atoms. The number of carbonyl (C=O) groups excluding carboxylic acids is 2. The molecule has 1 aliphatic heterocycles. The fourth-order valence-electron chi connectivity index (χ4n) is 7.19. The van der Waals surface area contributed by atoms with Crippen molar-refractivity contribution < 1.29 is 9.59 Å². The van der Waals surface area contributed by atoms with Crippen molar-refractivity contribution in [3.05, 3.63) is 113 Å². The standard InChI is InChI=1S/C40H43N5O2/c46-39(42-24-9-23-41-38-33-14-3-5-16-36(33)43-37-17-6-4-15-34(37)38)31-12-8-25-45(27-31)26-28-19-21-30(22-20-28)40(47)44-35-18-7-11-29-10-1-2-13-32(29)35/h1-3,5,7,10-11,13-14,16,18-22,31H,4,6,8-9,12,15,17,23-27H2,(H,41,43)(H,42,46)(H,44,47)/t31-/m1/s1. The maximum Gasteiger partial charge on any atom is 0.255 e. The number of anilines is 2. The molecule has 0 unspecified atom stereocenters. The summed E-state index contributed by atoms with van der Waals surface area (Å²) in [5.41, 5.74) is 7.49. The number of piperidine rings is 1. The fraction of sp³-hybridized carbons (Fsp3) is 0.325. The van der Waals surface area contributed by atoms with Crippen molar-refractivity contribution in [2.45, 2.75) is 51.5 Å². The van der Waals surface area contributed by atoms with Crippen LogP contribution in [-0.2, 0) is 24.2 Å². The van der Waals surface area contributed by atoms with E-state index < -0.39 is 0 Å². The zero-order valence-electron chi connectivity index (χ0n) is 26.9. The minimum atomic E-state index is -0.119. The molecule has 47 heavy (non-hydrogen) atoms. The van der Waals surface area contributed by atoms with Crippen molar-refractivity contribution in [1.82, 2.24) is 15.2 Å². The van der Waals surface area contributed by atoms with E-state index in [0.29, 0.717) is 12.1 Å². The first-order valence-electron chi connectivity index (χ1n) is 17.1. The number of para-hydroxylation sites is 1. The summed E-state index contributed by atoms with van der Waals surface area (Å²) in [5, 5.41) is 13.3. The van der Waals surface area contributed by atoms with Gasteiger partial charge >= 0.3 is 0 Å². The van der Waals surface area contributed by atoms with E-state index >= 15 is 0 Å². The first-order valence-corrected chi connectivity index (χ1v) is 17.1. The highest BCUT2D eigenvalue weighted by atomic mass is 16.2. The van der Waals surface area contributed by atoms with Gasteiger partial charge in [-0.1, -0.05) is 66.7 Å². The van der Waals surface area contributed by atoms with E-state index in [4.69, 9.17) is 4.98 Å². The molecule has 5 aromatic rings. The number of nitrogens with zero attached hydrogens (tertiary/aromatic N) is 2. The summed E-state index contributed by atoms with van der Waals surface area (Å²) in [6.07, 6.45) is 7.35. The van der Waals surface area contributed by atoms with Gasteiger partial charge in [-0.15, -0.1) is 0 Å². The average molecular weight is 626 g/mol. The molecule has 240 valence electrons. The normalized spacial score (nSPS) is 16.5. The first kappa shape index (κ1) is 30.9. The monoisotopic (exact) mass is 625 g/mol. The lowest BCUT2D eigenvalue weighted by Gasteiger charge is -2.32. The van der Waals surface area contributed by atoms with Crippen molar-refractivity contribution in [1.29, 1.82) is 0 Å². The van der Waals surface area contributed by atoms with E-state index in [9.17, 15) is 9.59 Å². The van der Waals surface area contributed by atoms with Crippen LogP contribution in [0.1, 0.15) is 59.3 Å². The zero-order valence-corrected chi connectivity index (χ0v) is 26.9. The Kier molecular flexibility index (Phi) is 9.43. The first-order chi connectivity index (χ1) is 23.1. The third-order valence-electron chi connectivity index (χ3n) is 9.66. The highest BCUT2D eigenvalue weighted by Crippen LogP contribution is 2.33. The van der Waals surface area contributed by atoms with Crippen LogP contribution in [-0.4, -0.2) is 47.9 Å². The summed E-state index contributed by atoms with van der Waals surface area (Å²) in [7, 11) is 0. The minimum Gasteiger partial charge on any atom is -0.384 e. The molecule has 1 aliphatic carbocycles. The predicted octanol–water partition coefficient (Wildman–Crippen LogP) is 7.35. The van der Waals surface area contributed by atoms with Crippen LogP contribution in [0.15, 0.2) is 91.0 Å². The quantitative estimate of drug-likeness (QED) is 0.141. The number of hydrogen-bond donors (Lipinski definition) is 3. The number of aromatic nitrogens is 1. The van der Waals surface area contributed by atoms with Gasteiger partial charge < -0.3 is 16.0 Å². The number of likely N-dealkylation sites (tertiary alicyclic amines) is 1. The Hall–Kier alpha value is -4.75. The lowest BCUT2D eigenvalue weighted by molar-refractivity contribution is -0.126. The third-order valence-corrected chi connectivity index (χ3v) is 9.66. The number of nitrogens with one attached hydrogen (secondary N) is 3. The molecule has 1 fully saturated rings. The second-order valence-corrected chi connectivity index (χ2v) is 13.0. The van der Waals surface area contributed by atoms with Crippen LogP contribution in [0.4, 0.5) is 11.4 Å². The van der Waals surface area contributed by atoms with Crippen LogP contribution in [0.5, 0.6) is 0 Å². The molecule has 0 radical (unpaired) electrons. The van der Waals surface area contributed by atoms with Gasteiger partial charge in [0.1, 0.15) is 0 Å². The van der Waals surface area contributed by atoms with Crippen LogP contribution in [0.25, 0.3) is 21.7 Å². The van der Waals surface area contributed by atoms with Gasteiger partial charge in [0, 0.05) is 59.6 Å².